The monoisotopic (exact) mass is 150 g/mol. The van der Waals surface area contributed by atoms with Gasteiger partial charge in [0, 0.05) is 18.0 Å². The molecule has 1 fully saturated rings. The molecule has 52 valence electrons. The molecule has 1 atom stereocenters. The third kappa shape index (κ3) is 1.56. The molecule has 0 amide bonds. The van der Waals surface area contributed by atoms with E-state index in [4.69, 9.17) is 16.3 Å². The summed E-state index contributed by atoms with van der Waals surface area (Å²) in [5.41, 5.74) is -0.797. The largest absolute Gasteiger partial charge is 0.418 e. The zero-order valence-electron chi connectivity index (χ0n) is 5.02. The van der Waals surface area contributed by atoms with Crippen molar-refractivity contribution in [3.8, 4) is 0 Å². The number of hydrogen-bond donors (Lipinski definition) is 0. The maximum atomic E-state index is 10.1. The topological polar surface area (TPSA) is 38.8 Å². The number of carbonyl (C=O) groups is 1. The maximum absolute atomic E-state index is 10.1. The summed E-state index contributed by atoms with van der Waals surface area (Å²) >= 11 is 4.94. The van der Waals surface area contributed by atoms with E-state index in [1.165, 1.54) is 0 Å². The van der Waals surface area contributed by atoms with E-state index in [0.29, 0.717) is 13.0 Å². The molecule has 0 N–H and O–H groups in total. The second-order valence-electron chi connectivity index (χ2n) is 1.89. The van der Waals surface area contributed by atoms with Crippen LogP contribution in [0, 0.1) is 0 Å². The number of hydrogen-bond acceptors (Lipinski definition) is 3. The summed E-state index contributed by atoms with van der Waals surface area (Å²) < 4.78 is 9.43. The van der Waals surface area contributed by atoms with Crippen LogP contribution < -0.4 is 0 Å². The summed E-state index contributed by atoms with van der Waals surface area (Å²) in [4.78, 5) is 10.1. The van der Waals surface area contributed by atoms with Crippen LogP contribution in [0.25, 0.3) is 0 Å². The molecule has 0 aromatic heterocycles. The Balaban J connectivity index is 2.33. The van der Waals surface area contributed by atoms with Gasteiger partial charge in [0.15, 0.2) is 0 Å². The lowest BCUT2D eigenvalue weighted by Crippen LogP contribution is -2.15. The van der Waals surface area contributed by atoms with Crippen LogP contribution in [0.4, 0.5) is 4.79 Å². The Labute approximate surface area is 57.9 Å². The fraction of sp³-hybridized carbons (Fsp3) is 0.800. The average Bonchev–Trinajstić information content (AvgIpc) is 2.48. The smallest absolute Gasteiger partial charge is 0.406 e. The van der Waals surface area contributed by atoms with Gasteiger partial charge in [-0.25, -0.2) is 4.79 Å². The Morgan fingerprint density at radius 1 is 2.00 bits per heavy atom. The quantitative estimate of drug-likeness (QED) is 0.442. The molecule has 0 saturated carbocycles. The Hall–Kier alpha value is -0.280. The Morgan fingerprint density at radius 3 is 2.67 bits per heavy atom. The lowest BCUT2D eigenvalue weighted by Gasteiger charge is -2.05. The van der Waals surface area contributed by atoms with E-state index in [0.717, 1.165) is 0 Å². The molecule has 0 bridgehead atoms. The SMILES string of the molecule is CCC1(OC(=O)Cl)CO1. The lowest BCUT2D eigenvalue weighted by molar-refractivity contribution is 0.0216. The summed E-state index contributed by atoms with van der Waals surface area (Å²) in [5, 5.41) is 0. The molecular weight excluding hydrogens is 144 g/mol. The van der Waals surface area contributed by atoms with Crippen LogP contribution >= 0.6 is 11.6 Å². The van der Waals surface area contributed by atoms with Crippen molar-refractivity contribution in [1.29, 1.82) is 0 Å². The van der Waals surface area contributed by atoms with Crippen LogP contribution in [0.3, 0.4) is 0 Å². The van der Waals surface area contributed by atoms with Crippen LogP contribution in [-0.2, 0) is 9.47 Å². The van der Waals surface area contributed by atoms with Crippen LogP contribution in [0.2, 0.25) is 0 Å². The second kappa shape index (κ2) is 2.15. The highest BCUT2D eigenvalue weighted by Crippen LogP contribution is 2.32. The van der Waals surface area contributed by atoms with Crippen LogP contribution in [-0.4, -0.2) is 17.8 Å². The number of rotatable bonds is 2. The molecule has 4 heteroatoms. The predicted octanol–water partition coefficient (Wildman–Crippen LogP) is 1.50. The molecular formula is C5H7ClO3. The van der Waals surface area contributed by atoms with Gasteiger partial charge in [-0.05, 0) is 0 Å². The van der Waals surface area contributed by atoms with E-state index in [2.05, 4.69) is 4.74 Å². The summed E-state index contributed by atoms with van der Waals surface area (Å²) in [5.74, 6) is -0.668. The van der Waals surface area contributed by atoms with Crippen molar-refractivity contribution < 1.29 is 14.3 Å². The van der Waals surface area contributed by atoms with Gasteiger partial charge in [-0.3, -0.25) is 0 Å². The predicted molar refractivity (Wildman–Crippen MR) is 31.3 cm³/mol. The highest BCUT2D eigenvalue weighted by Gasteiger charge is 2.47. The fourth-order valence-corrected chi connectivity index (χ4v) is 0.703. The minimum Gasteiger partial charge on any atom is -0.418 e. The van der Waals surface area contributed by atoms with Gasteiger partial charge in [-0.1, -0.05) is 6.92 Å². The van der Waals surface area contributed by atoms with E-state index in [1.54, 1.807) is 0 Å². The van der Waals surface area contributed by atoms with Gasteiger partial charge in [-0.15, -0.1) is 0 Å². The van der Waals surface area contributed by atoms with E-state index in [1.807, 2.05) is 6.92 Å². The van der Waals surface area contributed by atoms with E-state index >= 15 is 0 Å². The van der Waals surface area contributed by atoms with E-state index in [-0.39, 0.29) is 0 Å². The first-order valence-electron chi connectivity index (χ1n) is 2.71. The molecule has 0 spiro atoms. The van der Waals surface area contributed by atoms with Crippen molar-refractivity contribution >= 4 is 17.0 Å². The van der Waals surface area contributed by atoms with Gasteiger partial charge in [0.25, 0.3) is 0 Å². The number of carbonyl (C=O) groups excluding carboxylic acids is 1. The molecule has 1 heterocycles. The first-order chi connectivity index (χ1) is 4.18. The van der Waals surface area contributed by atoms with Crippen LogP contribution in [0.1, 0.15) is 13.3 Å². The van der Waals surface area contributed by atoms with Crippen molar-refractivity contribution in [2.75, 3.05) is 6.61 Å². The van der Waals surface area contributed by atoms with E-state index < -0.39 is 11.2 Å². The van der Waals surface area contributed by atoms with Crippen LogP contribution in [0.15, 0.2) is 0 Å². The fourth-order valence-electron chi connectivity index (χ4n) is 0.562. The molecule has 1 saturated heterocycles. The third-order valence-corrected chi connectivity index (χ3v) is 1.35. The molecule has 0 aliphatic carbocycles. The standard InChI is InChI=1S/C5H7ClO3/c1-2-5(3-8-5)9-4(6)7/h2-3H2,1H3. The van der Waals surface area contributed by atoms with Gasteiger partial charge < -0.3 is 9.47 Å². The minimum absolute atomic E-state index is 0.474. The van der Waals surface area contributed by atoms with Gasteiger partial charge in [0.2, 0.25) is 5.79 Å². The Kier molecular flexibility index (Phi) is 1.64. The van der Waals surface area contributed by atoms with Gasteiger partial charge in [-0.2, -0.15) is 0 Å². The molecule has 3 nitrogen and oxygen atoms in total. The molecule has 9 heavy (non-hydrogen) atoms. The highest BCUT2D eigenvalue weighted by molar-refractivity contribution is 6.61. The lowest BCUT2D eigenvalue weighted by atomic mass is 10.3. The van der Waals surface area contributed by atoms with Gasteiger partial charge in [0.05, 0.1) is 0 Å². The molecule has 1 aliphatic rings. The molecule has 1 rings (SSSR count). The molecule has 0 aromatic rings. The minimum atomic E-state index is -0.797. The second-order valence-corrected chi connectivity index (χ2v) is 2.20. The van der Waals surface area contributed by atoms with E-state index in [9.17, 15) is 4.79 Å². The zero-order chi connectivity index (χ0) is 6.91. The number of epoxide rings is 1. The number of halogens is 1. The average molecular weight is 151 g/mol. The summed E-state index contributed by atoms with van der Waals surface area (Å²) in [7, 11) is 0. The molecule has 0 aromatic carbocycles. The first kappa shape index (κ1) is 6.83. The summed E-state index contributed by atoms with van der Waals surface area (Å²) in [6.45, 7) is 2.34. The van der Waals surface area contributed by atoms with Gasteiger partial charge >= 0.3 is 5.43 Å². The first-order valence-corrected chi connectivity index (χ1v) is 3.09. The maximum Gasteiger partial charge on any atom is 0.406 e. The molecule has 0 radical (unpaired) electrons. The molecule has 1 aliphatic heterocycles. The number of ether oxygens (including phenoxy) is 2. The Bertz CT molecular complexity index is 130. The van der Waals surface area contributed by atoms with Gasteiger partial charge in [0.1, 0.15) is 6.61 Å². The summed E-state index contributed by atoms with van der Waals surface area (Å²) in [6.07, 6.45) is 0.658. The van der Waals surface area contributed by atoms with Crippen molar-refractivity contribution in [3.05, 3.63) is 0 Å². The third-order valence-electron chi connectivity index (χ3n) is 1.27. The van der Waals surface area contributed by atoms with Crippen molar-refractivity contribution in [2.24, 2.45) is 0 Å². The van der Waals surface area contributed by atoms with Crippen molar-refractivity contribution in [3.63, 3.8) is 0 Å². The molecule has 1 unspecified atom stereocenters. The van der Waals surface area contributed by atoms with Crippen LogP contribution in [0.5, 0.6) is 0 Å². The normalized spacial score (nSPS) is 31.8. The summed E-state index contributed by atoms with van der Waals surface area (Å²) in [6, 6.07) is 0. The van der Waals surface area contributed by atoms with Crippen molar-refractivity contribution in [1.82, 2.24) is 0 Å². The Morgan fingerprint density at radius 2 is 2.56 bits per heavy atom. The van der Waals surface area contributed by atoms with Crippen molar-refractivity contribution in [2.45, 2.75) is 19.1 Å². The highest BCUT2D eigenvalue weighted by atomic mass is 35.5. The zero-order valence-corrected chi connectivity index (χ0v) is 5.77.